The van der Waals surface area contributed by atoms with E-state index in [0.29, 0.717) is 12.2 Å². The van der Waals surface area contributed by atoms with Gasteiger partial charge in [-0.25, -0.2) is 8.42 Å². The normalized spacial score (nSPS) is 13.8. The van der Waals surface area contributed by atoms with Crippen molar-refractivity contribution in [3.8, 4) is 5.75 Å². The predicted molar refractivity (Wildman–Crippen MR) is 123 cm³/mol. The second-order valence-corrected chi connectivity index (χ2v) is 9.85. The first-order valence-corrected chi connectivity index (χ1v) is 12.4. The SMILES string of the molecule is CCCCCC[C@H](O)CN(C[C@H](O)COc1ccccc1)S(=O)(=O)c1ccc(C)cc1. The van der Waals surface area contributed by atoms with Crippen molar-refractivity contribution in [1.82, 2.24) is 4.31 Å². The Hall–Kier alpha value is -1.93. The summed E-state index contributed by atoms with van der Waals surface area (Å²) in [4.78, 5) is 0.146. The van der Waals surface area contributed by atoms with Gasteiger partial charge in [-0.05, 0) is 37.6 Å². The van der Waals surface area contributed by atoms with Crippen LogP contribution in [0.3, 0.4) is 0 Å². The van der Waals surface area contributed by atoms with Crippen LogP contribution >= 0.6 is 0 Å². The first-order valence-electron chi connectivity index (χ1n) is 10.9. The zero-order valence-electron chi connectivity index (χ0n) is 18.5. The highest BCUT2D eigenvalue weighted by molar-refractivity contribution is 7.89. The van der Waals surface area contributed by atoms with E-state index in [0.717, 1.165) is 31.2 Å². The number of unbranched alkanes of at least 4 members (excludes halogenated alkanes) is 3. The molecule has 0 aliphatic heterocycles. The van der Waals surface area contributed by atoms with E-state index in [1.807, 2.05) is 25.1 Å². The Labute approximate surface area is 186 Å². The quantitative estimate of drug-likeness (QED) is 0.429. The molecule has 0 fully saturated rings. The third kappa shape index (κ3) is 8.61. The van der Waals surface area contributed by atoms with Crippen LogP contribution in [0.2, 0.25) is 0 Å². The summed E-state index contributed by atoms with van der Waals surface area (Å²) in [6, 6.07) is 15.6. The number of benzene rings is 2. The second kappa shape index (κ2) is 12.8. The molecule has 2 rings (SSSR count). The van der Waals surface area contributed by atoms with E-state index in [1.165, 1.54) is 4.31 Å². The molecule has 0 aliphatic carbocycles. The first-order chi connectivity index (χ1) is 14.8. The van der Waals surface area contributed by atoms with Gasteiger partial charge in [0.25, 0.3) is 0 Å². The van der Waals surface area contributed by atoms with E-state index in [-0.39, 0.29) is 24.6 Å². The van der Waals surface area contributed by atoms with Gasteiger partial charge in [0.1, 0.15) is 18.5 Å². The number of para-hydroxylation sites is 1. The van der Waals surface area contributed by atoms with Crippen LogP contribution in [0.25, 0.3) is 0 Å². The smallest absolute Gasteiger partial charge is 0.243 e. The number of nitrogens with zero attached hydrogens (tertiary/aromatic N) is 1. The molecule has 0 radical (unpaired) electrons. The van der Waals surface area contributed by atoms with Gasteiger partial charge in [0.05, 0.1) is 11.0 Å². The lowest BCUT2D eigenvalue weighted by atomic mass is 10.1. The Bertz CT molecular complexity index is 855. The number of hydrogen-bond acceptors (Lipinski definition) is 5. The largest absolute Gasteiger partial charge is 0.491 e. The zero-order valence-corrected chi connectivity index (χ0v) is 19.3. The lowest BCUT2D eigenvalue weighted by Gasteiger charge is -2.27. The fraction of sp³-hybridized carbons (Fsp3) is 0.500. The van der Waals surface area contributed by atoms with Crippen molar-refractivity contribution in [3.63, 3.8) is 0 Å². The van der Waals surface area contributed by atoms with Crippen molar-refractivity contribution in [2.45, 2.75) is 63.1 Å². The number of rotatable bonds is 14. The third-order valence-corrected chi connectivity index (χ3v) is 6.91. The topological polar surface area (TPSA) is 87.1 Å². The Morgan fingerprint density at radius 1 is 0.903 bits per heavy atom. The Morgan fingerprint density at radius 2 is 1.55 bits per heavy atom. The number of hydrogen-bond donors (Lipinski definition) is 2. The van der Waals surface area contributed by atoms with Crippen LogP contribution in [-0.4, -0.2) is 54.8 Å². The Balaban J connectivity index is 2.07. The van der Waals surface area contributed by atoms with E-state index < -0.39 is 22.2 Å². The fourth-order valence-corrected chi connectivity index (χ4v) is 4.77. The van der Waals surface area contributed by atoms with E-state index in [1.54, 1.807) is 36.4 Å². The average Bonchev–Trinajstić information content (AvgIpc) is 2.76. The molecule has 0 spiro atoms. The highest BCUT2D eigenvalue weighted by Gasteiger charge is 2.28. The van der Waals surface area contributed by atoms with Gasteiger partial charge >= 0.3 is 0 Å². The summed E-state index contributed by atoms with van der Waals surface area (Å²) >= 11 is 0. The maximum absolute atomic E-state index is 13.2. The molecular formula is C24H35NO5S. The molecule has 7 heteroatoms. The Kier molecular flexibility index (Phi) is 10.5. The van der Waals surface area contributed by atoms with E-state index in [9.17, 15) is 18.6 Å². The minimum absolute atomic E-state index is 0.0451. The van der Waals surface area contributed by atoms with Crippen molar-refractivity contribution < 1.29 is 23.4 Å². The monoisotopic (exact) mass is 449 g/mol. The zero-order chi connectivity index (χ0) is 22.7. The van der Waals surface area contributed by atoms with Gasteiger partial charge in [0, 0.05) is 13.1 Å². The number of ether oxygens (including phenoxy) is 1. The molecule has 0 heterocycles. The first kappa shape index (κ1) is 25.3. The molecule has 0 saturated carbocycles. The summed E-state index contributed by atoms with van der Waals surface area (Å²) in [7, 11) is -3.87. The molecule has 172 valence electrons. The van der Waals surface area contributed by atoms with Crippen molar-refractivity contribution >= 4 is 10.0 Å². The molecule has 0 saturated heterocycles. The summed E-state index contributed by atoms with van der Waals surface area (Å²) < 4.78 is 33.2. The molecule has 2 atom stereocenters. The summed E-state index contributed by atoms with van der Waals surface area (Å²) in [5, 5.41) is 21.0. The molecule has 2 aromatic carbocycles. The minimum Gasteiger partial charge on any atom is -0.491 e. The van der Waals surface area contributed by atoms with E-state index >= 15 is 0 Å². The van der Waals surface area contributed by atoms with Crippen molar-refractivity contribution in [1.29, 1.82) is 0 Å². The fourth-order valence-electron chi connectivity index (χ4n) is 3.26. The molecule has 2 aromatic rings. The molecule has 0 amide bonds. The molecular weight excluding hydrogens is 414 g/mol. The number of aryl methyl sites for hydroxylation is 1. The van der Waals surface area contributed by atoms with Crippen LogP contribution in [0, 0.1) is 6.92 Å². The molecule has 0 aliphatic rings. The van der Waals surface area contributed by atoms with Gasteiger partial charge < -0.3 is 14.9 Å². The van der Waals surface area contributed by atoms with Crippen LogP contribution < -0.4 is 4.74 Å². The van der Waals surface area contributed by atoms with Gasteiger partial charge in [0.2, 0.25) is 10.0 Å². The van der Waals surface area contributed by atoms with Crippen molar-refractivity contribution in [2.75, 3.05) is 19.7 Å². The number of aliphatic hydroxyl groups is 2. The van der Waals surface area contributed by atoms with Crippen molar-refractivity contribution in [3.05, 3.63) is 60.2 Å². The maximum atomic E-state index is 13.2. The summed E-state index contributed by atoms with van der Waals surface area (Å²) in [5.74, 6) is 0.602. The Morgan fingerprint density at radius 3 is 2.19 bits per heavy atom. The average molecular weight is 450 g/mol. The standard InChI is InChI=1S/C24H35NO5S/c1-3-4-5-7-10-21(26)17-25(31(28,29)24-15-13-20(2)14-16-24)18-22(27)19-30-23-11-8-6-9-12-23/h6,8-9,11-16,21-22,26-27H,3-5,7,10,17-19H2,1-2H3/t21-,22-/m0/s1. The molecule has 6 nitrogen and oxygen atoms in total. The van der Waals surface area contributed by atoms with Gasteiger partial charge in [-0.1, -0.05) is 68.5 Å². The molecule has 0 bridgehead atoms. The number of sulfonamides is 1. The van der Waals surface area contributed by atoms with E-state index in [2.05, 4.69) is 6.92 Å². The van der Waals surface area contributed by atoms with Crippen molar-refractivity contribution in [2.24, 2.45) is 0 Å². The van der Waals surface area contributed by atoms with Gasteiger partial charge in [0.15, 0.2) is 0 Å². The molecule has 2 N–H and O–H groups in total. The minimum atomic E-state index is -3.87. The van der Waals surface area contributed by atoms with Crippen LogP contribution in [-0.2, 0) is 10.0 Å². The van der Waals surface area contributed by atoms with Gasteiger partial charge in [-0.15, -0.1) is 0 Å². The summed E-state index contributed by atoms with van der Waals surface area (Å²) in [6.45, 7) is 3.74. The summed E-state index contributed by atoms with van der Waals surface area (Å²) in [6.07, 6.45) is 2.73. The number of aliphatic hydroxyl groups excluding tert-OH is 2. The molecule has 0 unspecified atom stereocenters. The van der Waals surface area contributed by atoms with E-state index in [4.69, 9.17) is 4.74 Å². The van der Waals surface area contributed by atoms with Crippen LogP contribution in [0.4, 0.5) is 0 Å². The van der Waals surface area contributed by atoms with Gasteiger partial charge in [-0.3, -0.25) is 0 Å². The lowest BCUT2D eigenvalue weighted by Crippen LogP contribution is -2.43. The van der Waals surface area contributed by atoms with Crippen LogP contribution in [0.5, 0.6) is 5.75 Å². The van der Waals surface area contributed by atoms with Gasteiger partial charge in [-0.2, -0.15) is 4.31 Å². The predicted octanol–water partition coefficient (Wildman–Crippen LogP) is 3.76. The maximum Gasteiger partial charge on any atom is 0.243 e. The highest BCUT2D eigenvalue weighted by Crippen LogP contribution is 2.19. The summed E-state index contributed by atoms with van der Waals surface area (Å²) in [5.41, 5.74) is 0.956. The molecule has 31 heavy (non-hydrogen) atoms. The van der Waals surface area contributed by atoms with Crippen LogP contribution in [0.15, 0.2) is 59.5 Å². The lowest BCUT2D eigenvalue weighted by molar-refractivity contribution is 0.0720. The highest BCUT2D eigenvalue weighted by atomic mass is 32.2. The third-order valence-electron chi connectivity index (χ3n) is 5.06. The second-order valence-electron chi connectivity index (χ2n) is 7.92. The molecule has 0 aromatic heterocycles. The van der Waals surface area contributed by atoms with Crippen LogP contribution in [0.1, 0.15) is 44.6 Å².